The van der Waals surface area contributed by atoms with Gasteiger partial charge in [-0.2, -0.15) is 11.8 Å². The van der Waals surface area contributed by atoms with E-state index in [2.05, 4.69) is 49.4 Å². The molecule has 2 aliphatic heterocycles. The van der Waals surface area contributed by atoms with Crippen molar-refractivity contribution in [3.05, 3.63) is 0 Å². The van der Waals surface area contributed by atoms with Crippen LogP contribution in [0.5, 0.6) is 0 Å². The van der Waals surface area contributed by atoms with E-state index in [1.54, 1.807) is 0 Å². The smallest absolute Gasteiger partial charge is 0.0474 e. The second kappa shape index (κ2) is 5.31. The largest absolute Gasteiger partial charge is 0.329 e. The van der Waals surface area contributed by atoms with Crippen molar-refractivity contribution < 1.29 is 0 Å². The molecule has 0 spiro atoms. The Bertz CT molecular complexity index is 295. The summed E-state index contributed by atoms with van der Waals surface area (Å²) in [5.41, 5.74) is 6.79. The van der Waals surface area contributed by atoms with Crippen LogP contribution in [0, 0.1) is 5.41 Å². The summed E-state index contributed by atoms with van der Waals surface area (Å²) in [5.74, 6) is 2.49. The van der Waals surface area contributed by atoms with Gasteiger partial charge in [0.15, 0.2) is 0 Å². The molecule has 0 aromatic rings. The fourth-order valence-corrected chi connectivity index (χ4v) is 5.25. The van der Waals surface area contributed by atoms with E-state index < -0.39 is 0 Å². The highest BCUT2D eigenvalue weighted by molar-refractivity contribution is 7.99. The van der Waals surface area contributed by atoms with Gasteiger partial charge in [-0.15, -0.1) is 0 Å². The van der Waals surface area contributed by atoms with Gasteiger partial charge in [0, 0.05) is 43.5 Å². The Balaban J connectivity index is 2.21. The zero-order chi connectivity index (χ0) is 13.4. The summed E-state index contributed by atoms with van der Waals surface area (Å²) >= 11 is 2.09. The van der Waals surface area contributed by atoms with E-state index in [4.69, 9.17) is 5.73 Å². The monoisotopic (exact) mass is 271 g/mol. The van der Waals surface area contributed by atoms with Gasteiger partial charge in [-0.25, -0.2) is 0 Å². The van der Waals surface area contributed by atoms with Crippen molar-refractivity contribution in [2.24, 2.45) is 11.1 Å². The summed E-state index contributed by atoms with van der Waals surface area (Å²) in [5, 5.41) is 0. The first-order chi connectivity index (χ1) is 8.43. The van der Waals surface area contributed by atoms with Crippen LogP contribution in [-0.2, 0) is 0 Å². The molecule has 0 aromatic heterocycles. The van der Waals surface area contributed by atoms with E-state index >= 15 is 0 Å². The van der Waals surface area contributed by atoms with Gasteiger partial charge in [-0.05, 0) is 31.6 Å². The van der Waals surface area contributed by atoms with E-state index in [1.165, 1.54) is 31.0 Å². The second-order valence-corrected chi connectivity index (χ2v) is 7.80. The standard InChI is InChI=1S/C14H29N3S/c1-12-9-17(7-6-16(12)4)14(10-15)11-18-8-5-13(14,2)3/h12H,5-11,15H2,1-4H3. The zero-order valence-corrected chi connectivity index (χ0v) is 13.2. The van der Waals surface area contributed by atoms with Crippen LogP contribution in [0.25, 0.3) is 0 Å². The zero-order valence-electron chi connectivity index (χ0n) is 12.4. The molecule has 0 bridgehead atoms. The average molecular weight is 271 g/mol. The molecule has 18 heavy (non-hydrogen) atoms. The van der Waals surface area contributed by atoms with Gasteiger partial charge in [0.2, 0.25) is 0 Å². The third-order valence-electron chi connectivity index (χ3n) is 5.37. The molecule has 2 unspecified atom stereocenters. The Labute approximate surface area is 116 Å². The summed E-state index contributed by atoms with van der Waals surface area (Å²) in [7, 11) is 2.23. The molecule has 2 rings (SSSR count). The predicted molar refractivity (Wildman–Crippen MR) is 81.2 cm³/mol. The number of hydrogen-bond acceptors (Lipinski definition) is 4. The highest BCUT2D eigenvalue weighted by Gasteiger charge is 2.50. The summed E-state index contributed by atoms with van der Waals surface area (Å²) in [6, 6.07) is 0.643. The average Bonchev–Trinajstić information content (AvgIpc) is 2.33. The Morgan fingerprint density at radius 3 is 2.61 bits per heavy atom. The summed E-state index contributed by atoms with van der Waals surface area (Å²) in [6.45, 7) is 11.5. The minimum absolute atomic E-state index is 0.200. The maximum atomic E-state index is 6.26. The maximum absolute atomic E-state index is 6.26. The molecular formula is C14H29N3S. The van der Waals surface area contributed by atoms with Gasteiger partial charge < -0.3 is 10.6 Å². The number of nitrogens with zero attached hydrogens (tertiary/aromatic N) is 2. The molecule has 2 saturated heterocycles. The molecule has 0 saturated carbocycles. The SMILES string of the molecule is CC1CN(C2(CN)CSCCC2(C)C)CCN1C. The molecule has 4 heteroatoms. The fourth-order valence-electron chi connectivity index (χ4n) is 3.42. The van der Waals surface area contributed by atoms with Crippen LogP contribution in [0.15, 0.2) is 0 Å². The van der Waals surface area contributed by atoms with Crippen molar-refractivity contribution in [2.75, 3.05) is 44.7 Å². The van der Waals surface area contributed by atoms with Crippen molar-refractivity contribution in [3.63, 3.8) is 0 Å². The minimum Gasteiger partial charge on any atom is -0.329 e. The molecule has 0 aliphatic carbocycles. The summed E-state index contributed by atoms with van der Waals surface area (Å²) in [4.78, 5) is 5.16. The lowest BCUT2D eigenvalue weighted by atomic mass is 9.69. The first kappa shape index (κ1) is 14.6. The van der Waals surface area contributed by atoms with E-state index in [1.807, 2.05) is 0 Å². The second-order valence-electron chi connectivity index (χ2n) is 6.70. The lowest BCUT2D eigenvalue weighted by Crippen LogP contribution is -2.69. The molecule has 0 amide bonds. The van der Waals surface area contributed by atoms with Gasteiger partial charge in [-0.3, -0.25) is 4.90 Å². The highest BCUT2D eigenvalue weighted by Crippen LogP contribution is 2.45. The van der Waals surface area contributed by atoms with Crippen LogP contribution in [0.1, 0.15) is 27.2 Å². The molecule has 2 fully saturated rings. The Morgan fingerprint density at radius 2 is 2.06 bits per heavy atom. The number of likely N-dealkylation sites (N-methyl/N-ethyl adjacent to an activating group) is 1. The molecular weight excluding hydrogens is 242 g/mol. The van der Waals surface area contributed by atoms with Gasteiger partial charge in [0.1, 0.15) is 0 Å². The van der Waals surface area contributed by atoms with Crippen molar-refractivity contribution in [1.29, 1.82) is 0 Å². The quantitative estimate of drug-likeness (QED) is 0.825. The van der Waals surface area contributed by atoms with Crippen molar-refractivity contribution in [1.82, 2.24) is 9.80 Å². The molecule has 2 heterocycles. The molecule has 3 nitrogen and oxygen atoms in total. The molecule has 2 aliphatic rings. The van der Waals surface area contributed by atoms with Gasteiger partial charge in [0.05, 0.1) is 0 Å². The van der Waals surface area contributed by atoms with E-state index in [0.717, 1.165) is 13.1 Å². The third-order valence-corrected chi connectivity index (χ3v) is 6.55. The van der Waals surface area contributed by atoms with Crippen LogP contribution in [-0.4, -0.2) is 66.1 Å². The molecule has 106 valence electrons. The predicted octanol–water partition coefficient (Wildman–Crippen LogP) is 1.48. The van der Waals surface area contributed by atoms with Gasteiger partial charge in [-0.1, -0.05) is 13.8 Å². The normalized spacial score (nSPS) is 38.8. The minimum atomic E-state index is 0.200. The maximum Gasteiger partial charge on any atom is 0.0474 e. The van der Waals surface area contributed by atoms with Crippen molar-refractivity contribution >= 4 is 11.8 Å². The summed E-state index contributed by atoms with van der Waals surface area (Å²) in [6.07, 6.45) is 1.29. The lowest BCUT2D eigenvalue weighted by molar-refractivity contribution is -0.0389. The molecule has 0 radical (unpaired) electrons. The van der Waals surface area contributed by atoms with Crippen molar-refractivity contribution in [2.45, 2.75) is 38.8 Å². The van der Waals surface area contributed by atoms with Crippen LogP contribution < -0.4 is 5.73 Å². The van der Waals surface area contributed by atoms with Gasteiger partial charge in [0.25, 0.3) is 0 Å². The Hall–Kier alpha value is 0.230. The number of nitrogens with two attached hydrogens (primary N) is 1. The number of rotatable bonds is 2. The topological polar surface area (TPSA) is 32.5 Å². The first-order valence-electron chi connectivity index (χ1n) is 7.16. The van der Waals surface area contributed by atoms with E-state index in [9.17, 15) is 0 Å². The van der Waals surface area contributed by atoms with Crippen LogP contribution in [0.2, 0.25) is 0 Å². The number of thioether (sulfide) groups is 1. The molecule has 2 N–H and O–H groups in total. The van der Waals surface area contributed by atoms with E-state index in [-0.39, 0.29) is 5.54 Å². The lowest BCUT2D eigenvalue weighted by Gasteiger charge is -2.58. The van der Waals surface area contributed by atoms with E-state index in [0.29, 0.717) is 11.5 Å². The Kier molecular flexibility index (Phi) is 4.32. The number of piperazine rings is 1. The fraction of sp³-hybridized carbons (Fsp3) is 1.00. The van der Waals surface area contributed by atoms with Gasteiger partial charge >= 0.3 is 0 Å². The molecule has 2 atom stereocenters. The first-order valence-corrected chi connectivity index (χ1v) is 8.31. The van der Waals surface area contributed by atoms with Crippen LogP contribution in [0.4, 0.5) is 0 Å². The summed E-state index contributed by atoms with van der Waals surface area (Å²) < 4.78 is 0. The number of hydrogen-bond donors (Lipinski definition) is 1. The molecule has 0 aromatic carbocycles. The van der Waals surface area contributed by atoms with Crippen LogP contribution in [0.3, 0.4) is 0 Å². The Morgan fingerprint density at radius 1 is 1.33 bits per heavy atom. The van der Waals surface area contributed by atoms with Crippen molar-refractivity contribution in [3.8, 4) is 0 Å². The van der Waals surface area contributed by atoms with Crippen LogP contribution >= 0.6 is 11.8 Å². The highest BCUT2D eigenvalue weighted by atomic mass is 32.2. The third kappa shape index (κ3) is 2.33.